The average Bonchev–Trinajstić information content (AvgIpc) is 3.09. The van der Waals surface area contributed by atoms with E-state index in [4.69, 9.17) is 0 Å². The summed E-state index contributed by atoms with van der Waals surface area (Å²) in [4.78, 5) is 15.5. The highest BCUT2D eigenvalue weighted by atomic mass is 19.4. The number of ether oxygens (including phenoxy) is 1. The topological polar surface area (TPSA) is 63.2 Å². The fraction of sp³-hybridized carbons (Fsp3) is 0.647. The first-order valence-corrected chi connectivity index (χ1v) is 8.58. The number of urea groups is 1. The Hall–Kier alpha value is -1.99. The van der Waals surface area contributed by atoms with Gasteiger partial charge < -0.3 is 15.4 Å². The van der Waals surface area contributed by atoms with Gasteiger partial charge in [0.05, 0.1) is 0 Å². The lowest BCUT2D eigenvalue weighted by atomic mass is 10.0. The molecular weight excluding hydrogens is 335 g/mol. The Morgan fingerprint density at radius 2 is 2.00 bits per heavy atom. The Morgan fingerprint density at radius 3 is 2.64 bits per heavy atom. The summed E-state index contributed by atoms with van der Waals surface area (Å²) in [7, 11) is 0. The van der Waals surface area contributed by atoms with Crippen molar-refractivity contribution < 1.29 is 22.7 Å². The van der Waals surface area contributed by atoms with Gasteiger partial charge in [0.15, 0.2) is 6.61 Å². The average molecular weight is 359 g/mol. The van der Waals surface area contributed by atoms with Gasteiger partial charge >= 0.3 is 12.2 Å². The third kappa shape index (κ3) is 8.09. The van der Waals surface area contributed by atoms with Gasteiger partial charge in [-0.3, -0.25) is 0 Å². The maximum atomic E-state index is 12.0. The van der Waals surface area contributed by atoms with Crippen LogP contribution in [0.3, 0.4) is 0 Å². The molecular formula is C17H24F3N3O2. The molecule has 140 valence electrons. The number of carbonyl (C=O) groups is 1. The van der Waals surface area contributed by atoms with Crippen LogP contribution in [0.2, 0.25) is 0 Å². The minimum Gasteiger partial charge on any atom is -0.468 e. The van der Waals surface area contributed by atoms with Crippen LogP contribution in [0.4, 0.5) is 18.0 Å². The van der Waals surface area contributed by atoms with E-state index >= 15 is 0 Å². The summed E-state index contributed by atoms with van der Waals surface area (Å²) >= 11 is 0. The van der Waals surface area contributed by atoms with Crippen LogP contribution >= 0.6 is 0 Å². The molecule has 0 atom stereocenters. The quantitative estimate of drug-likeness (QED) is 0.694. The number of amides is 2. The molecule has 2 N–H and O–H groups in total. The van der Waals surface area contributed by atoms with Gasteiger partial charge in [-0.1, -0.05) is 31.7 Å². The Balaban J connectivity index is 1.59. The van der Waals surface area contributed by atoms with Crippen LogP contribution in [-0.2, 0) is 6.54 Å². The fourth-order valence-electron chi connectivity index (χ4n) is 2.89. The van der Waals surface area contributed by atoms with E-state index in [1.165, 1.54) is 37.9 Å². The Morgan fingerprint density at radius 1 is 1.24 bits per heavy atom. The first kappa shape index (κ1) is 19.3. The molecule has 1 aliphatic rings. The molecule has 0 unspecified atom stereocenters. The van der Waals surface area contributed by atoms with E-state index in [0.29, 0.717) is 12.1 Å². The van der Waals surface area contributed by atoms with E-state index < -0.39 is 12.8 Å². The van der Waals surface area contributed by atoms with E-state index in [2.05, 4.69) is 20.4 Å². The van der Waals surface area contributed by atoms with E-state index in [1.807, 2.05) is 0 Å². The molecule has 1 aliphatic carbocycles. The van der Waals surface area contributed by atoms with Crippen molar-refractivity contribution in [3.05, 3.63) is 23.9 Å². The predicted octanol–water partition coefficient (Wildman–Crippen LogP) is 3.79. The molecule has 0 saturated heterocycles. The smallest absolute Gasteiger partial charge is 0.422 e. The Bertz CT molecular complexity index is 529. The lowest BCUT2D eigenvalue weighted by Gasteiger charge is -2.11. The summed E-state index contributed by atoms with van der Waals surface area (Å²) in [5, 5.41) is 5.50. The number of halogens is 3. The second kappa shape index (κ2) is 9.48. The summed E-state index contributed by atoms with van der Waals surface area (Å²) < 4.78 is 40.6. The number of nitrogens with one attached hydrogen (secondary N) is 2. The number of alkyl halides is 3. The number of hydrogen-bond donors (Lipinski definition) is 2. The van der Waals surface area contributed by atoms with Crippen molar-refractivity contribution >= 4 is 6.03 Å². The zero-order valence-electron chi connectivity index (χ0n) is 14.1. The van der Waals surface area contributed by atoms with Crippen molar-refractivity contribution in [3.63, 3.8) is 0 Å². The first-order valence-electron chi connectivity index (χ1n) is 8.58. The van der Waals surface area contributed by atoms with Crippen LogP contribution in [0.1, 0.15) is 44.1 Å². The van der Waals surface area contributed by atoms with Crippen molar-refractivity contribution in [1.29, 1.82) is 0 Å². The summed E-state index contributed by atoms with van der Waals surface area (Å²) in [6.45, 7) is -0.479. The maximum absolute atomic E-state index is 12.0. The number of aromatic nitrogens is 1. The van der Waals surface area contributed by atoms with Gasteiger partial charge in [-0.05, 0) is 24.3 Å². The Labute approximate surface area is 145 Å². The lowest BCUT2D eigenvalue weighted by Crippen LogP contribution is -2.35. The third-order valence-corrected chi connectivity index (χ3v) is 4.18. The van der Waals surface area contributed by atoms with Gasteiger partial charge in [-0.2, -0.15) is 13.2 Å². The minimum absolute atomic E-state index is 0.0996. The summed E-state index contributed by atoms with van der Waals surface area (Å²) in [6, 6.07) is 2.66. The van der Waals surface area contributed by atoms with Gasteiger partial charge in [-0.15, -0.1) is 0 Å². The number of hydrogen-bond acceptors (Lipinski definition) is 3. The van der Waals surface area contributed by atoms with E-state index in [1.54, 1.807) is 6.07 Å². The van der Waals surface area contributed by atoms with Gasteiger partial charge in [-0.25, -0.2) is 9.78 Å². The Kier molecular flexibility index (Phi) is 7.33. The monoisotopic (exact) mass is 359 g/mol. The largest absolute Gasteiger partial charge is 0.468 e. The summed E-state index contributed by atoms with van der Waals surface area (Å²) in [6.07, 6.45) is 4.39. The standard InChI is InChI=1S/C17H24F3N3O2/c18-17(19,20)12-25-15-8-7-14(10-22-15)11-23-16(24)21-9-3-6-13-4-1-2-5-13/h7-8,10,13H,1-6,9,11-12H2,(H2,21,23,24). The zero-order valence-corrected chi connectivity index (χ0v) is 14.1. The van der Waals surface area contributed by atoms with E-state index in [-0.39, 0.29) is 18.5 Å². The molecule has 8 heteroatoms. The molecule has 2 amide bonds. The molecule has 1 aromatic rings. The summed E-state index contributed by atoms with van der Waals surface area (Å²) in [5.41, 5.74) is 0.681. The van der Waals surface area contributed by atoms with Gasteiger partial charge in [0, 0.05) is 25.4 Å². The number of nitrogens with zero attached hydrogens (tertiary/aromatic N) is 1. The minimum atomic E-state index is -4.39. The fourth-order valence-corrected chi connectivity index (χ4v) is 2.89. The van der Waals surface area contributed by atoms with Crippen LogP contribution in [0.25, 0.3) is 0 Å². The highest BCUT2D eigenvalue weighted by molar-refractivity contribution is 5.73. The lowest BCUT2D eigenvalue weighted by molar-refractivity contribution is -0.154. The molecule has 5 nitrogen and oxygen atoms in total. The van der Waals surface area contributed by atoms with Crippen molar-refractivity contribution in [3.8, 4) is 5.88 Å². The van der Waals surface area contributed by atoms with Crippen molar-refractivity contribution in [2.75, 3.05) is 13.2 Å². The molecule has 0 radical (unpaired) electrons. The van der Waals surface area contributed by atoms with Crippen LogP contribution in [0.15, 0.2) is 18.3 Å². The zero-order chi connectivity index (χ0) is 18.1. The number of carbonyl (C=O) groups excluding carboxylic acids is 1. The molecule has 0 aliphatic heterocycles. The molecule has 0 aromatic carbocycles. The maximum Gasteiger partial charge on any atom is 0.422 e. The molecule has 25 heavy (non-hydrogen) atoms. The van der Waals surface area contributed by atoms with Crippen LogP contribution in [0, 0.1) is 5.92 Å². The van der Waals surface area contributed by atoms with E-state index in [9.17, 15) is 18.0 Å². The first-order chi connectivity index (χ1) is 11.9. The van der Waals surface area contributed by atoms with Crippen molar-refractivity contribution in [1.82, 2.24) is 15.6 Å². The number of pyridine rings is 1. The van der Waals surface area contributed by atoms with Gasteiger partial charge in [0.25, 0.3) is 0 Å². The highest BCUT2D eigenvalue weighted by Gasteiger charge is 2.28. The normalized spacial score (nSPS) is 15.2. The van der Waals surface area contributed by atoms with Crippen molar-refractivity contribution in [2.24, 2.45) is 5.92 Å². The number of rotatable bonds is 8. The van der Waals surface area contributed by atoms with Crippen LogP contribution in [0.5, 0.6) is 5.88 Å². The SMILES string of the molecule is O=C(NCCCC1CCCC1)NCc1ccc(OCC(F)(F)F)nc1. The molecule has 1 fully saturated rings. The summed E-state index contributed by atoms with van der Waals surface area (Å²) in [5.74, 6) is 0.714. The third-order valence-electron chi connectivity index (χ3n) is 4.18. The predicted molar refractivity (Wildman–Crippen MR) is 87.2 cm³/mol. The molecule has 0 spiro atoms. The van der Waals surface area contributed by atoms with Crippen LogP contribution in [-0.4, -0.2) is 30.3 Å². The molecule has 0 bridgehead atoms. The van der Waals surface area contributed by atoms with E-state index in [0.717, 1.165) is 18.8 Å². The van der Waals surface area contributed by atoms with Gasteiger partial charge in [0.2, 0.25) is 5.88 Å². The van der Waals surface area contributed by atoms with Crippen molar-refractivity contribution in [2.45, 2.75) is 51.2 Å². The molecule has 2 rings (SSSR count). The molecule has 1 heterocycles. The molecule has 1 saturated carbocycles. The second-order valence-electron chi connectivity index (χ2n) is 6.31. The highest BCUT2D eigenvalue weighted by Crippen LogP contribution is 2.28. The second-order valence-corrected chi connectivity index (χ2v) is 6.31. The van der Waals surface area contributed by atoms with Gasteiger partial charge in [0.1, 0.15) is 0 Å². The van der Waals surface area contributed by atoms with Crippen LogP contribution < -0.4 is 15.4 Å². The molecule has 1 aromatic heterocycles.